The quantitative estimate of drug-likeness (QED) is 0.289. The molecule has 0 saturated heterocycles. The van der Waals surface area contributed by atoms with Gasteiger partial charge in [0.1, 0.15) is 6.10 Å². The van der Waals surface area contributed by atoms with Crippen LogP contribution in [0, 0.1) is 11.3 Å². The predicted octanol–water partition coefficient (Wildman–Crippen LogP) is 5.39. The molecule has 4 bridgehead atoms. The van der Waals surface area contributed by atoms with Crippen molar-refractivity contribution in [3.63, 3.8) is 0 Å². The van der Waals surface area contributed by atoms with E-state index >= 15 is 0 Å². The van der Waals surface area contributed by atoms with Crippen molar-refractivity contribution >= 4 is 44.8 Å². The van der Waals surface area contributed by atoms with Crippen LogP contribution in [-0.2, 0) is 34.0 Å². The van der Waals surface area contributed by atoms with Crippen LogP contribution in [0.2, 0.25) is 0 Å². The number of carbonyl (C=O) groups is 2. The van der Waals surface area contributed by atoms with Crippen LogP contribution < -0.4 is 0 Å². The molecule has 40 heavy (non-hydrogen) atoms. The number of fused-ring (bicyclic) bond motifs is 12. The van der Waals surface area contributed by atoms with Gasteiger partial charge in [-0.15, -0.1) is 0 Å². The van der Waals surface area contributed by atoms with Crippen molar-refractivity contribution in [1.29, 1.82) is 5.26 Å². The zero-order valence-corrected chi connectivity index (χ0v) is 21.8. The van der Waals surface area contributed by atoms with Gasteiger partial charge in [-0.05, 0) is 17.7 Å². The van der Waals surface area contributed by atoms with E-state index in [9.17, 15) is 14.9 Å². The van der Waals surface area contributed by atoms with E-state index in [0.717, 1.165) is 38.5 Å². The number of aromatic nitrogens is 2. The third kappa shape index (κ3) is 3.84. The van der Waals surface area contributed by atoms with Crippen molar-refractivity contribution < 1.29 is 14.3 Å². The molecule has 3 aromatic carbocycles. The summed E-state index contributed by atoms with van der Waals surface area (Å²) in [6, 6.07) is 27.7. The maximum atomic E-state index is 14.3. The minimum Gasteiger partial charge on any atom is -0.361 e. The summed E-state index contributed by atoms with van der Waals surface area (Å²) < 4.78 is 10.1. The highest BCUT2D eigenvalue weighted by atomic mass is 16.5. The van der Waals surface area contributed by atoms with Crippen LogP contribution in [0.4, 0.5) is 0 Å². The van der Waals surface area contributed by atoms with Crippen LogP contribution in [0.5, 0.6) is 0 Å². The Kier molecular flexibility index (Phi) is 5.84. The summed E-state index contributed by atoms with van der Waals surface area (Å²) in [4.78, 5) is 29.9. The van der Waals surface area contributed by atoms with Crippen LogP contribution in [-0.4, -0.2) is 38.6 Å². The SMILES string of the molecule is N#C[C@@H]1CCn2cc(c3ccccc32)C2=C(C(=O)N(Cc3ccccc3)C2=O)c2cn(c3ccccc23)CCO1. The third-order valence-electron chi connectivity index (χ3n) is 7.89. The minimum absolute atomic E-state index is 0.195. The van der Waals surface area contributed by atoms with E-state index < -0.39 is 6.10 Å². The van der Waals surface area contributed by atoms with Gasteiger partial charge in [-0.25, -0.2) is 0 Å². The highest BCUT2D eigenvalue weighted by molar-refractivity contribution is 6.50. The molecule has 196 valence electrons. The largest absolute Gasteiger partial charge is 0.361 e. The lowest BCUT2D eigenvalue weighted by Gasteiger charge is -2.15. The van der Waals surface area contributed by atoms with Crippen molar-refractivity contribution in [2.24, 2.45) is 0 Å². The van der Waals surface area contributed by atoms with E-state index in [1.54, 1.807) is 0 Å². The van der Waals surface area contributed by atoms with Crippen molar-refractivity contribution in [2.75, 3.05) is 6.61 Å². The number of benzene rings is 3. The topological polar surface area (TPSA) is 80.3 Å². The fourth-order valence-electron chi connectivity index (χ4n) is 5.98. The molecule has 2 aliphatic rings. The predicted molar refractivity (Wildman–Crippen MR) is 153 cm³/mol. The summed E-state index contributed by atoms with van der Waals surface area (Å²) >= 11 is 0. The maximum Gasteiger partial charge on any atom is 0.262 e. The molecular formula is C33H26N4O3. The molecule has 2 amide bonds. The molecule has 0 saturated carbocycles. The first-order valence-electron chi connectivity index (χ1n) is 13.5. The van der Waals surface area contributed by atoms with Gasteiger partial charge >= 0.3 is 0 Å². The molecule has 0 radical (unpaired) electrons. The maximum absolute atomic E-state index is 14.3. The summed E-state index contributed by atoms with van der Waals surface area (Å²) in [6.07, 6.45) is 3.86. The Morgan fingerprint density at radius 1 is 0.750 bits per heavy atom. The van der Waals surface area contributed by atoms with Crippen LogP contribution >= 0.6 is 0 Å². The van der Waals surface area contributed by atoms with Gasteiger partial charge in [0.2, 0.25) is 0 Å². The van der Waals surface area contributed by atoms with Gasteiger partial charge in [0, 0.05) is 64.8 Å². The monoisotopic (exact) mass is 526 g/mol. The minimum atomic E-state index is -0.556. The molecule has 4 heterocycles. The molecule has 0 spiro atoms. The lowest BCUT2D eigenvalue weighted by Crippen LogP contribution is -2.30. The average Bonchev–Trinajstić information content (AvgIpc) is 3.61. The number of nitrogens with zero attached hydrogens (tertiary/aromatic N) is 4. The number of nitriles is 1. The summed E-state index contributed by atoms with van der Waals surface area (Å²) in [5.41, 5.74) is 5.07. The Morgan fingerprint density at radius 2 is 1.30 bits per heavy atom. The molecule has 7 heteroatoms. The molecule has 0 unspecified atom stereocenters. The zero-order valence-electron chi connectivity index (χ0n) is 21.8. The summed E-state index contributed by atoms with van der Waals surface area (Å²) in [5.74, 6) is -0.592. The molecule has 7 rings (SSSR count). The molecular weight excluding hydrogens is 500 g/mol. The van der Waals surface area contributed by atoms with Gasteiger partial charge in [-0.2, -0.15) is 5.26 Å². The number of imide groups is 1. The van der Waals surface area contributed by atoms with Crippen molar-refractivity contribution in [3.05, 3.63) is 108 Å². The van der Waals surface area contributed by atoms with Crippen LogP contribution in [0.15, 0.2) is 91.3 Å². The molecule has 7 nitrogen and oxygen atoms in total. The van der Waals surface area contributed by atoms with Gasteiger partial charge in [-0.3, -0.25) is 14.5 Å². The second kappa shape index (κ2) is 9.67. The Hall–Kier alpha value is -4.93. The van der Waals surface area contributed by atoms with Crippen molar-refractivity contribution in [2.45, 2.75) is 32.2 Å². The molecule has 5 aromatic rings. The van der Waals surface area contributed by atoms with Gasteiger partial charge in [0.15, 0.2) is 0 Å². The van der Waals surface area contributed by atoms with Crippen LogP contribution in [0.3, 0.4) is 0 Å². The van der Waals surface area contributed by atoms with E-state index in [0.29, 0.717) is 37.3 Å². The fraction of sp³-hybridized carbons (Fsp3) is 0.182. The number of hydrogen-bond acceptors (Lipinski definition) is 4. The molecule has 1 atom stereocenters. The van der Waals surface area contributed by atoms with E-state index in [-0.39, 0.29) is 18.4 Å². The molecule has 2 aromatic heterocycles. The van der Waals surface area contributed by atoms with Crippen molar-refractivity contribution in [1.82, 2.24) is 14.0 Å². The second-order valence-corrected chi connectivity index (χ2v) is 10.2. The smallest absolute Gasteiger partial charge is 0.262 e. The van der Waals surface area contributed by atoms with E-state index in [2.05, 4.69) is 15.2 Å². The number of rotatable bonds is 2. The fourth-order valence-corrected chi connectivity index (χ4v) is 5.98. The van der Waals surface area contributed by atoms with Crippen LogP contribution in [0.1, 0.15) is 23.1 Å². The highest BCUT2D eigenvalue weighted by Gasteiger charge is 2.41. The van der Waals surface area contributed by atoms with Gasteiger partial charge in [-0.1, -0.05) is 66.7 Å². The number of para-hydroxylation sites is 2. The first kappa shape index (κ1) is 24.1. The lowest BCUT2D eigenvalue weighted by molar-refractivity contribution is -0.136. The van der Waals surface area contributed by atoms with E-state index in [4.69, 9.17) is 4.74 Å². The normalized spacial score (nSPS) is 17.8. The van der Waals surface area contributed by atoms with E-state index in [1.807, 2.05) is 91.3 Å². The molecule has 0 aliphatic carbocycles. The van der Waals surface area contributed by atoms with Gasteiger partial charge in [0.25, 0.3) is 11.8 Å². The molecule has 0 fully saturated rings. The number of carbonyl (C=O) groups excluding carboxylic acids is 2. The Morgan fingerprint density at radius 3 is 1.90 bits per heavy atom. The van der Waals surface area contributed by atoms with Gasteiger partial charge < -0.3 is 13.9 Å². The molecule has 2 aliphatic heterocycles. The zero-order chi connectivity index (χ0) is 27.2. The summed E-state index contributed by atoms with van der Waals surface area (Å²) in [6.45, 7) is 1.61. The molecule has 0 N–H and O–H groups in total. The third-order valence-corrected chi connectivity index (χ3v) is 7.89. The second-order valence-electron chi connectivity index (χ2n) is 10.2. The Balaban J connectivity index is 1.50. The lowest BCUT2D eigenvalue weighted by atomic mass is 9.95. The van der Waals surface area contributed by atoms with E-state index in [1.165, 1.54) is 4.90 Å². The Bertz CT molecular complexity index is 1870. The Labute approximate surface area is 231 Å². The number of aryl methyl sites for hydroxylation is 1. The first-order valence-corrected chi connectivity index (χ1v) is 13.5. The van der Waals surface area contributed by atoms with Gasteiger partial charge in [0.05, 0.1) is 30.4 Å². The summed E-state index contributed by atoms with van der Waals surface area (Å²) in [5, 5.41) is 11.5. The van der Waals surface area contributed by atoms with Crippen molar-refractivity contribution in [3.8, 4) is 6.07 Å². The highest BCUT2D eigenvalue weighted by Crippen LogP contribution is 2.42. The van der Waals surface area contributed by atoms with Crippen LogP contribution in [0.25, 0.3) is 33.0 Å². The standard InChI is InChI=1S/C33H26N4O3/c34-18-23-14-15-35-20-26(24-10-4-6-12-28(24)35)30-31(33(39)37(32(30)38)19-22-8-2-1-3-9-22)27-21-36(16-17-40-23)29-13-7-5-11-25(27)29/h1-13,20-21,23H,14-17,19H2/t23-/m0/s1. The number of amides is 2. The first-order chi connectivity index (χ1) is 19.6. The number of ether oxygens (including phenoxy) is 1. The summed E-state index contributed by atoms with van der Waals surface area (Å²) in [7, 11) is 0. The number of hydrogen-bond donors (Lipinski definition) is 0. The average molecular weight is 527 g/mol.